The van der Waals surface area contributed by atoms with Crippen molar-refractivity contribution in [1.82, 2.24) is 0 Å². The van der Waals surface area contributed by atoms with E-state index in [9.17, 15) is 0 Å². The van der Waals surface area contributed by atoms with Crippen LogP contribution in [0.15, 0.2) is 0 Å². The van der Waals surface area contributed by atoms with E-state index in [-0.39, 0.29) is 5.38 Å². The van der Waals surface area contributed by atoms with Crippen LogP contribution in [0, 0.1) is 5.92 Å². The van der Waals surface area contributed by atoms with Gasteiger partial charge in [-0.15, -0.1) is 11.6 Å². The summed E-state index contributed by atoms with van der Waals surface area (Å²) in [5.74, 6) is 0.642. The van der Waals surface area contributed by atoms with Crippen LogP contribution in [-0.2, 0) is 4.74 Å². The first kappa shape index (κ1) is 11.2. The first-order valence-corrected chi connectivity index (χ1v) is 4.78. The summed E-state index contributed by atoms with van der Waals surface area (Å²) < 4.78 is 5.39. The first-order chi connectivity index (χ1) is 5.13. The summed E-state index contributed by atoms with van der Waals surface area (Å²) in [6.45, 7) is 8.06. The van der Waals surface area contributed by atoms with Crippen LogP contribution in [0.25, 0.3) is 0 Å². The Morgan fingerprint density at radius 2 is 1.91 bits per heavy atom. The van der Waals surface area contributed by atoms with Crippen LogP contribution in [-0.4, -0.2) is 18.6 Å². The van der Waals surface area contributed by atoms with E-state index in [4.69, 9.17) is 16.3 Å². The Kier molecular flexibility index (Phi) is 7.09. The minimum Gasteiger partial charge on any atom is -0.381 e. The quantitative estimate of drug-likeness (QED) is 0.449. The predicted molar refractivity (Wildman–Crippen MR) is 50.2 cm³/mol. The van der Waals surface area contributed by atoms with Gasteiger partial charge in [0.25, 0.3) is 0 Å². The highest BCUT2D eigenvalue weighted by atomic mass is 35.5. The van der Waals surface area contributed by atoms with Gasteiger partial charge in [0.05, 0.1) is 0 Å². The van der Waals surface area contributed by atoms with E-state index in [2.05, 4.69) is 13.8 Å². The van der Waals surface area contributed by atoms with E-state index in [1.807, 2.05) is 6.92 Å². The lowest BCUT2D eigenvalue weighted by atomic mass is 10.2. The molecule has 2 heteroatoms. The summed E-state index contributed by atoms with van der Waals surface area (Å²) in [4.78, 5) is 0. The van der Waals surface area contributed by atoms with Crippen LogP contribution < -0.4 is 0 Å². The number of halogens is 1. The fraction of sp³-hybridized carbons (Fsp3) is 1.00. The van der Waals surface area contributed by atoms with E-state index < -0.39 is 0 Å². The third-order valence-electron chi connectivity index (χ3n) is 1.34. The third-order valence-corrected chi connectivity index (χ3v) is 1.56. The molecular weight excluding hydrogens is 160 g/mol. The van der Waals surface area contributed by atoms with E-state index >= 15 is 0 Å². The monoisotopic (exact) mass is 178 g/mol. The smallest absolute Gasteiger partial charge is 0.0488 e. The van der Waals surface area contributed by atoms with Gasteiger partial charge in [-0.2, -0.15) is 0 Å². The molecule has 0 fully saturated rings. The third kappa shape index (κ3) is 10.2. The van der Waals surface area contributed by atoms with Gasteiger partial charge in [-0.1, -0.05) is 13.8 Å². The van der Waals surface area contributed by atoms with Crippen molar-refractivity contribution in [3.63, 3.8) is 0 Å². The Labute approximate surface area is 75.1 Å². The molecule has 0 saturated heterocycles. The summed E-state index contributed by atoms with van der Waals surface area (Å²) >= 11 is 5.76. The molecule has 0 aromatic rings. The van der Waals surface area contributed by atoms with Crippen LogP contribution in [0.2, 0.25) is 0 Å². The van der Waals surface area contributed by atoms with Crippen molar-refractivity contribution >= 4 is 11.6 Å². The van der Waals surface area contributed by atoms with Gasteiger partial charge >= 0.3 is 0 Å². The fourth-order valence-corrected chi connectivity index (χ4v) is 0.940. The molecule has 0 bridgehead atoms. The van der Waals surface area contributed by atoms with Crippen LogP contribution in [0.3, 0.4) is 0 Å². The zero-order chi connectivity index (χ0) is 8.69. The van der Waals surface area contributed by atoms with Gasteiger partial charge in [0, 0.05) is 18.6 Å². The minimum absolute atomic E-state index is 0.289. The van der Waals surface area contributed by atoms with Crippen molar-refractivity contribution in [2.75, 3.05) is 13.2 Å². The van der Waals surface area contributed by atoms with Gasteiger partial charge in [-0.3, -0.25) is 0 Å². The standard InChI is InChI=1S/C9H19ClO/c1-8(2)7-11-6-4-5-9(3)10/h8-9H,4-7H2,1-3H3. The average molecular weight is 179 g/mol. The number of hydrogen-bond acceptors (Lipinski definition) is 1. The molecule has 0 aromatic heterocycles. The lowest BCUT2D eigenvalue weighted by Gasteiger charge is -2.06. The van der Waals surface area contributed by atoms with Crippen molar-refractivity contribution in [3.8, 4) is 0 Å². The molecule has 0 aromatic carbocycles. The largest absolute Gasteiger partial charge is 0.381 e. The molecule has 11 heavy (non-hydrogen) atoms. The second-order valence-electron chi connectivity index (χ2n) is 3.39. The number of hydrogen-bond donors (Lipinski definition) is 0. The molecule has 1 unspecified atom stereocenters. The van der Waals surface area contributed by atoms with Crippen LogP contribution >= 0.6 is 11.6 Å². The summed E-state index contributed by atoms with van der Waals surface area (Å²) in [7, 11) is 0. The Morgan fingerprint density at radius 1 is 1.27 bits per heavy atom. The maximum atomic E-state index is 5.76. The molecule has 0 radical (unpaired) electrons. The molecule has 0 aliphatic rings. The summed E-state index contributed by atoms with van der Waals surface area (Å²) in [5.41, 5.74) is 0. The molecule has 0 amide bonds. The summed E-state index contributed by atoms with van der Waals surface area (Å²) in [5, 5.41) is 0.289. The molecule has 0 heterocycles. The van der Waals surface area contributed by atoms with Gasteiger partial charge in [0.15, 0.2) is 0 Å². The molecule has 0 aliphatic carbocycles. The minimum atomic E-state index is 0.289. The van der Waals surface area contributed by atoms with Crippen LogP contribution in [0.4, 0.5) is 0 Å². The highest BCUT2D eigenvalue weighted by Crippen LogP contribution is 2.04. The van der Waals surface area contributed by atoms with E-state index in [1.165, 1.54) is 0 Å². The maximum Gasteiger partial charge on any atom is 0.0488 e. The highest BCUT2D eigenvalue weighted by Gasteiger charge is 1.96. The van der Waals surface area contributed by atoms with Gasteiger partial charge in [0.1, 0.15) is 0 Å². The van der Waals surface area contributed by atoms with E-state index in [1.54, 1.807) is 0 Å². The lowest BCUT2D eigenvalue weighted by molar-refractivity contribution is 0.107. The fourth-order valence-electron chi connectivity index (χ4n) is 0.786. The number of rotatable bonds is 6. The van der Waals surface area contributed by atoms with Gasteiger partial charge in [-0.05, 0) is 25.7 Å². The molecule has 0 N–H and O–H groups in total. The number of alkyl halides is 1. The summed E-state index contributed by atoms with van der Waals surface area (Å²) in [6, 6.07) is 0. The molecular formula is C9H19ClO. The zero-order valence-corrected chi connectivity index (χ0v) is 8.53. The Balaban J connectivity index is 2.91. The SMILES string of the molecule is CC(C)COCCCC(C)Cl. The van der Waals surface area contributed by atoms with Gasteiger partial charge < -0.3 is 4.74 Å². The molecule has 68 valence electrons. The molecule has 0 rings (SSSR count). The molecule has 0 saturated carbocycles. The van der Waals surface area contributed by atoms with Crippen molar-refractivity contribution < 1.29 is 4.74 Å². The van der Waals surface area contributed by atoms with Crippen LogP contribution in [0.5, 0.6) is 0 Å². The Hall–Kier alpha value is 0.250. The number of ether oxygens (including phenoxy) is 1. The lowest BCUT2D eigenvalue weighted by Crippen LogP contribution is -2.04. The Bertz CT molecular complexity index is 71.6. The van der Waals surface area contributed by atoms with Crippen molar-refractivity contribution in [1.29, 1.82) is 0 Å². The van der Waals surface area contributed by atoms with Gasteiger partial charge in [-0.25, -0.2) is 0 Å². The highest BCUT2D eigenvalue weighted by molar-refractivity contribution is 6.20. The molecule has 1 atom stereocenters. The zero-order valence-electron chi connectivity index (χ0n) is 7.77. The van der Waals surface area contributed by atoms with Crippen molar-refractivity contribution in [2.24, 2.45) is 5.92 Å². The maximum absolute atomic E-state index is 5.76. The topological polar surface area (TPSA) is 9.23 Å². The normalized spacial score (nSPS) is 13.9. The molecule has 0 aliphatic heterocycles. The second-order valence-corrected chi connectivity index (χ2v) is 4.14. The van der Waals surface area contributed by atoms with Gasteiger partial charge in [0.2, 0.25) is 0 Å². The average Bonchev–Trinajstić information content (AvgIpc) is 1.85. The second kappa shape index (κ2) is 6.93. The Morgan fingerprint density at radius 3 is 2.36 bits per heavy atom. The van der Waals surface area contributed by atoms with Crippen molar-refractivity contribution in [2.45, 2.75) is 39.0 Å². The molecule has 1 nitrogen and oxygen atoms in total. The predicted octanol–water partition coefficient (Wildman–Crippen LogP) is 3.07. The first-order valence-electron chi connectivity index (χ1n) is 4.34. The van der Waals surface area contributed by atoms with E-state index in [0.29, 0.717) is 5.92 Å². The van der Waals surface area contributed by atoms with E-state index in [0.717, 1.165) is 26.1 Å². The van der Waals surface area contributed by atoms with Crippen molar-refractivity contribution in [3.05, 3.63) is 0 Å². The summed E-state index contributed by atoms with van der Waals surface area (Å²) in [6.07, 6.45) is 2.14. The van der Waals surface area contributed by atoms with Crippen LogP contribution in [0.1, 0.15) is 33.6 Å². The molecule has 0 spiro atoms.